The van der Waals surface area contributed by atoms with E-state index in [1.165, 1.54) is 12.8 Å². The van der Waals surface area contributed by atoms with Crippen molar-refractivity contribution >= 4 is 11.9 Å². The molecule has 0 spiro atoms. The number of nitrogens with zero attached hydrogens (tertiary/aromatic N) is 5. The van der Waals surface area contributed by atoms with E-state index in [2.05, 4.69) is 21.8 Å². The van der Waals surface area contributed by atoms with Crippen LogP contribution in [0.1, 0.15) is 62.2 Å². The molecule has 0 bridgehead atoms. The average molecular weight is 394 g/mol. The summed E-state index contributed by atoms with van der Waals surface area (Å²) in [4.78, 5) is 31.2. The fourth-order valence-corrected chi connectivity index (χ4v) is 4.72. The molecule has 1 aliphatic carbocycles. The Morgan fingerprint density at radius 2 is 1.83 bits per heavy atom. The predicted octanol–water partition coefficient (Wildman–Crippen LogP) is 4.16. The maximum atomic E-state index is 13.4. The highest BCUT2D eigenvalue weighted by molar-refractivity contribution is 5.80. The molecule has 2 aliphatic rings. The molecule has 2 aromatic heterocycles. The Bertz CT molecular complexity index is 875. The van der Waals surface area contributed by atoms with Crippen LogP contribution in [0.2, 0.25) is 0 Å². The van der Waals surface area contributed by atoms with Gasteiger partial charge in [0.15, 0.2) is 0 Å². The second kappa shape index (κ2) is 8.47. The van der Waals surface area contributed by atoms with Gasteiger partial charge in [0.05, 0.1) is 11.7 Å². The number of hydrogen-bond acceptors (Lipinski definition) is 5. The number of piperidine rings is 1. The lowest BCUT2D eigenvalue weighted by molar-refractivity contribution is -0.139. The van der Waals surface area contributed by atoms with Gasteiger partial charge in [-0.1, -0.05) is 12.8 Å². The lowest BCUT2D eigenvalue weighted by Gasteiger charge is -2.38. The molecule has 0 radical (unpaired) electrons. The van der Waals surface area contributed by atoms with Gasteiger partial charge in [0.25, 0.3) is 0 Å². The lowest BCUT2D eigenvalue weighted by atomic mass is 9.91. The van der Waals surface area contributed by atoms with E-state index in [9.17, 15) is 4.79 Å². The third-order valence-electron chi connectivity index (χ3n) is 6.32. The molecule has 4 rings (SSSR count). The summed E-state index contributed by atoms with van der Waals surface area (Å²) in [6.45, 7) is 2.89. The highest BCUT2D eigenvalue weighted by Gasteiger charge is 2.35. The highest BCUT2D eigenvalue weighted by atomic mass is 16.2. The van der Waals surface area contributed by atoms with E-state index >= 15 is 0 Å². The van der Waals surface area contributed by atoms with Crippen LogP contribution in [0.3, 0.4) is 0 Å². The molecule has 1 unspecified atom stereocenters. The maximum Gasteiger partial charge on any atom is 0.226 e. The van der Waals surface area contributed by atoms with Gasteiger partial charge in [-0.2, -0.15) is 0 Å². The first-order chi connectivity index (χ1) is 14.1. The van der Waals surface area contributed by atoms with Crippen LogP contribution in [0.4, 0.5) is 5.95 Å². The second-order valence-electron chi connectivity index (χ2n) is 8.58. The summed E-state index contributed by atoms with van der Waals surface area (Å²) in [6.07, 6.45) is 13.2. The van der Waals surface area contributed by atoms with Crippen LogP contribution in [0.25, 0.3) is 11.1 Å². The van der Waals surface area contributed by atoms with Gasteiger partial charge in [0.1, 0.15) is 0 Å². The van der Waals surface area contributed by atoms with Crippen molar-refractivity contribution in [2.75, 3.05) is 25.5 Å². The SMILES string of the molecule is Cc1cnccc1-c1cnc(N(C)C)nc1C1CCCCN1C(=O)C1CCCC1. The fourth-order valence-electron chi connectivity index (χ4n) is 4.72. The van der Waals surface area contributed by atoms with E-state index in [-0.39, 0.29) is 12.0 Å². The number of rotatable bonds is 4. The van der Waals surface area contributed by atoms with Crippen molar-refractivity contribution in [2.45, 2.75) is 57.9 Å². The molecule has 29 heavy (non-hydrogen) atoms. The largest absolute Gasteiger partial charge is 0.347 e. The van der Waals surface area contributed by atoms with Gasteiger partial charge in [-0.15, -0.1) is 0 Å². The van der Waals surface area contributed by atoms with Gasteiger partial charge in [0.2, 0.25) is 11.9 Å². The van der Waals surface area contributed by atoms with Crippen LogP contribution in [0.15, 0.2) is 24.7 Å². The molecule has 1 amide bonds. The van der Waals surface area contributed by atoms with Crippen LogP contribution >= 0.6 is 0 Å². The number of carbonyl (C=O) groups is 1. The van der Waals surface area contributed by atoms with Gasteiger partial charge in [-0.3, -0.25) is 9.78 Å². The number of aryl methyl sites for hydroxylation is 1. The summed E-state index contributed by atoms with van der Waals surface area (Å²) in [6, 6.07) is 2.04. The maximum absolute atomic E-state index is 13.4. The summed E-state index contributed by atoms with van der Waals surface area (Å²) in [5.41, 5.74) is 4.19. The Kier molecular flexibility index (Phi) is 5.79. The third kappa shape index (κ3) is 3.98. The Hall–Kier alpha value is -2.50. The van der Waals surface area contributed by atoms with Gasteiger partial charge < -0.3 is 9.80 Å². The molecule has 154 valence electrons. The van der Waals surface area contributed by atoms with E-state index < -0.39 is 0 Å². The molecule has 3 heterocycles. The average Bonchev–Trinajstić information content (AvgIpc) is 3.28. The minimum Gasteiger partial charge on any atom is -0.347 e. The number of pyridine rings is 1. The molecule has 6 heteroatoms. The Labute approximate surface area is 173 Å². The van der Waals surface area contributed by atoms with Crippen LogP contribution in [0.5, 0.6) is 0 Å². The second-order valence-corrected chi connectivity index (χ2v) is 8.58. The standard InChI is InChI=1S/C23H31N5O/c1-16-14-24-12-11-18(16)19-15-25-23(27(2)3)26-21(19)20-10-6-7-13-28(20)22(29)17-8-4-5-9-17/h11-12,14-15,17,20H,4-10,13H2,1-3H3. The van der Waals surface area contributed by atoms with Crippen LogP contribution in [-0.4, -0.2) is 46.4 Å². The summed E-state index contributed by atoms with van der Waals surface area (Å²) < 4.78 is 0. The molecule has 1 saturated heterocycles. The van der Waals surface area contributed by atoms with E-state index in [0.717, 1.165) is 61.0 Å². The van der Waals surface area contributed by atoms with E-state index in [1.54, 1.807) is 0 Å². The zero-order chi connectivity index (χ0) is 20.4. The van der Waals surface area contributed by atoms with Crippen molar-refractivity contribution in [3.8, 4) is 11.1 Å². The topological polar surface area (TPSA) is 62.2 Å². The molecule has 1 saturated carbocycles. The van der Waals surface area contributed by atoms with Crippen LogP contribution in [0, 0.1) is 12.8 Å². The highest BCUT2D eigenvalue weighted by Crippen LogP contribution is 2.39. The van der Waals surface area contributed by atoms with E-state index in [1.807, 2.05) is 43.7 Å². The van der Waals surface area contributed by atoms with Gasteiger partial charge >= 0.3 is 0 Å². The number of aromatic nitrogens is 3. The quantitative estimate of drug-likeness (QED) is 0.781. The first kappa shape index (κ1) is 19.8. The van der Waals surface area contributed by atoms with Gasteiger partial charge in [0, 0.05) is 50.7 Å². The van der Waals surface area contributed by atoms with E-state index in [0.29, 0.717) is 11.9 Å². The van der Waals surface area contributed by atoms with Crippen molar-refractivity contribution in [3.63, 3.8) is 0 Å². The molecule has 0 aromatic carbocycles. The van der Waals surface area contributed by atoms with Crippen LogP contribution < -0.4 is 4.90 Å². The fraction of sp³-hybridized carbons (Fsp3) is 0.565. The van der Waals surface area contributed by atoms with Crippen LogP contribution in [-0.2, 0) is 4.79 Å². The third-order valence-corrected chi connectivity index (χ3v) is 6.32. The molecule has 0 N–H and O–H groups in total. The number of amides is 1. The number of hydrogen-bond donors (Lipinski definition) is 0. The molecule has 1 atom stereocenters. The smallest absolute Gasteiger partial charge is 0.226 e. The van der Waals surface area contributed by atoms with Gasteiger partial charge in [-0.05, 0) is 56.2 Å². The van der Waals surface area contributed by atoms with Crippen molar-refractivity contribution in [1.82, 2.24) is 19.9 Å². The monoisotopic (exact) mass is 393 g/mol. The molecule has 2 aromatic rings. The summed E-state index contributed by atoms with van der Waals surface area (Å²) in [7, 11) is 3.91. The van der Waals surface area contributed by atoms with Crippen molar-refractivity contribution < 1.29 is 4.79 Å². The first-order valence-corrected chi connectivity index (χ1v) is 10.8. The minimum atomic E-state index is 0.0149. The Balaban J connectivity index is 1.78. The lowest BCUT2D eigenvalue weighted by Crippen LogP contribution is -2.42. The summed E-state index contributed by atoms with van der Waals surface area (Å²) in [5.74, 6) is 1.21. The summed E-state index contributed by atoms with van der Waals surface area (Å²) in [5, 5.41) is 0. The number of anilines is 1. The molecular formula is C23H31N5O. The molecule has 6 nitrogen and oxygen atoms in total. The molecule has 2 fully saturated rings. The predicted molar refractivity (Wildman–Crippen MR) is 115 cm³/mol. The van der Waals surface area contributed by atoms with Crippen molar-refractivity contribution in [3.05, 3.63) is 35.9 Å². The Morgan fingerprint density at radius 3 is 2.55 bits per heavy atom. The van der Waals surface area contributed by atoms with Crippen molar-refractivity contribution in [2.24, 2.45) is 5.92 Å². The summed E-state index contributed by atoms with van der Waals surface area (Å²) >= 11 is 0. The number of carbonyl (C=O) groups excluding carboxylic acids is 1. The van der Waals surface area contributed by atoms with Gasteiger partial charge in [-0.25, -0.2) is 9.97 Å². The van der Waals surface area contributed by atoms with Crippen molar-refractivity contribution in [1.29, 1.82) is 0 Å². The zero-order valence-corrected chi connectivity index (χ0v) is 17.8. The Morgan fingerprint density at radius 1 is 1.07 bits per heavy atom. The molecular weight excluding hydrogens is 362 g/mol. The number of likely N-dealkylation sites (tertiary alicyclic amines) is 1. The van der Waals surface area contributed by atoms with E-state index in [4.69, 9.17) is 4.98 Å². The normalized spacial score (nSPS) is 20.1. The first-order valence-electron chi connectivity index (χ1n) is 10.8. The zero-order valence-electron chi connectivity index (χ0n) is 17.8. The minimum absolute atomic E-state index is 0.0149. The molecule has 1 aliphatic heterocycles.